The Morgan fingerprint density at radius 1 is 1.25 bits per heavy atom. The molecule has 0 aromatic carbocycles. The summed E-state index contributed by atoms with van der Waals surface area (Å²) in [7, 11) is 0. The molecule has 4 heterocycles. The highest BCUT2D eigenvalue weighted by Crippen LogP contribution is 2.34. The SMILES string of the molecule is CCc1nc(C2CCCCN2C(=O)c2cc(C)nc3onc(C(C)C)c23)no1. The molecular weight excluding hydrogens is 358 g/mol. The number of amides is 1. The molecule has 8 nitrogen and oxygen atoms in total. The summed E-state index contributed by atoms with van der Waals surface area (Å²) in [6.07, 6.45) is 3.48. The number of aryl methyl sites for hydroxylation is 2. The van der Waals surface area contributed by atoms with Gasteiger partial charge in [-0.3, -0.25) is 4.79 Å². The molecule has 0 saturated carbocycles. The Kier molecular flexibility index (Phi) is 4.87. The molecule has 3 aromatic rings. The van der Waals surface area contributed by atoms with Crippen molar-refractivity contribution in [2.45, 2.75) is 65.3 Å². The van der Waals surface area contributed by atoms with Gasteiger partial charge in [0.25, 0.3) is 11.6 Å². The van der Waals surface area contributed by atoms with Gasteiger partial charge in [-0.05, 0) is 38.2 Å². The number of aromatic nitrogens is 4. The maximum Gasteiger partial charge on any atom is 0.259 e. The Labute approximate surface area is 163 Å². The topological polar surface area (TPSA) is 98.2 Å². The van der Waals surface area contributed by atoms with E-state index in [9.17, 15) is 4.79 Å². The van der Waals surface area contributed by atoms with Crippen molar-refractivity contribution >= 4 is 17.0 Å². The molecule has 0 radical (unpaired) electrons. The molecule has 1 unspecified atom stereocenters. The minimum atomic E-state index is -0.184. The summed E-state index contributed by atoms with van der Waals surface area (Å²) in [5.74, 6) is 1.24. The average Bonchev–Trinajstić information content (AvgIpc) is 3.33. The van der Waals surface area contributed by atoms with E-state index in [0.29, 0.717) is 41.3 Å². The minimum Gasteiger partial charge on any atom is -0.339 e. The molecule has 0 N–H and O–H groups in total. The standard InChI is InChI=1S/C20H25N5O3/c1-5-15-22-18(24-27-15)14-8-6-7-9-25(14)20(26)13-10-12(4)21-19-16(13)17(11(2)3)23-28-19/h10-11,14H,5-9H2,1-4H3. The van der Waals surface area contributed by atoms with Gasteiger partial charge >= 0.3 is 0 Å². The van der Waals surface area contributed by atoms with Crippen LogP contribution in [0.1, 0.15) is 85.5 Å². The molecule has 4 rings (SSSR count). The summed E-state index contributed by atoms with van der Waals surface area (Å²) in [5.41, 5.74) is 2.47. The Bertz CT molecular complexity index is 1010. The van der Waals surface area contributed by atoms with Crippen LogP contribution in [0, 0.1) is 6.92 Å². The first-order valence-corrected chi connectivity index (χ1v) is 9.90. The van der Waals surface area contributed by atoms with Crippen LogP contribution in [-0.4, -0.2) is 37.6 Å². The summed E-state index contributed by atoms with van der Waals surface area (Å²) in [6, 6.07) is 1.64. The zero-order chi connectivity index (χ0) is 19.8. The molecular formula is C20H25N5O3. The molecule has 28 heavy (non-hydrogen) atoms. The van der Waals surface area contributed by atoms with Crippen LogP contribution in [0.3, 0.4) is 0 Å². The van der Waals surface area contributed by atoms with E-state index in [0.717, 1.165) is 30.7 Å². The Hall–Kier alpha value is -2.77. The van der Waals surface area contributed by atoms with E-state index < -0.39 is 0 Å². The van der Waals surface area contributed by atoms with E-state index in [1.165, 1.54) is 0 Å². The third-order valence-electron chi connectivity index (χ3n) is 5.23. The zero-order valence-electron chi connectivity index (χ0n) is 16.7. The highest BCUT2D eigenvalue weighted by Gasteiger charge is 2.34. The molecule has 8 heteroatoms. The number of nitrogens with zero attached hydrogens (tertiary/aromatic N) is 5. The van der Waals surface area contributed by atoms with Gasteiger partial charge in [-0.2, -0.15) is 4.98 Å². The van der Waals surface area contributed by atoms with Gasteiger partial charge in [-0.15, -0.1) is 0 Å². The second-order valence-electron chi connectivity index (χ2n) is 7.62. The van der Waals surface area contributed by atoms with Crippen LogP contribution in [0.25, 0.3) is 11.1 Å². The molecule has 1 atom stereocenters. The first-order chi connectivity index (χ1) is 13.5. The molecule has 1 aliphatic rings. The first kappa shape index (κ1) is 18.6. The fourth-order valence-electron chi connectivity index (χ4n) is 3.80. The minimum absolute atomic E-state index is 0.0619. The molecule has 148 valence electrons. The lowest BCUT2D eigenvalue weighted by Crippen LogP contribution is -2.39. The van der Waals surface area contributed by atoms with Crippen molar-refractivity contribution in [3.63, 3.8) is 0 Å². The van der Waals surface area contributed by atoms with Gasteiger partial charge in [0.15, 0.2) is 5.82 Å². The number of carbonyl (C=O) groups excluding carboxylic acids is 1. The summed E-state index contributed by atoms with van der Waals surface area (Å²) in [6.45, 7) is 8.54. The van der Waals surface area contributed by atoms with Crippen molar-refractivity contribution in [1.29, 1.82) is 0 Å². The molecule has 0 bridgehead atoms. The number of carbonyl (C=O) groups is 1. The van der Waals surface area contributed by atoms with Crippen LogP contribution in [0.15, 0.2) is 15.1 Å². The Morgan fingerprint density at radius 2 is 2.07 bits per heavy atom. The lowest BCUT2D eigenvalue weighted by Gasteiger charge is -2.34. The van der Waals surface area contributed by atoms with E-state index >= 15 is 0 Å². The molecule has 3 aromatic heterocycles. The predicted molar refractivity (Wildman–Crippen MR) is 102 cm³/mol. The first-order valence-electron chi connectivity index (χ1n) is 9.90. The normalized spacial score (nSPS) is 17.6. The van der Waals surface area contributed by atoms with E-state index in [4.69, 9.17) is 9.05 Å². The summed E-state index contributed by atoms with van der Waals surface area (Å²) < 4.78 is 10.7. The second-order valence-corrected chi connectivity index (χ2v) is 7.62. The number of rotatable bonds is 4. The van der Waals surface area contributed by atoms with Crippen LogP contribution < -0.4 is 0 Å². The molecule has 1 amide bonds. The van der Waals surface area contributed by atoms with Gasteiger partial charge < -0.3 is 13.9 Å². The molecule has 0 aliphatic carbocycles. The van der Waals surface area contributed by atoms with Crippen LogP contribution in [0.2, 0.25) is 0 Å². The van der Waals surface area contributed by atoms with Crippen molar-refractivity contribution in [2.75, 3.05) is 6.54 Å². The summed E-state index contributed by atoms with van der Waals surface area (Å²) in [4.78, 5) is 24.4. The van der Waals surface area contributed by atoms with E-state index in [1.807, 2.05) is 38.7 Å². The van der Waals surface area contributed by atoms with Gasteiger partial charge in [0.1, 0.15) is 0 Å². The number of fused-ring (bicyclic) bond motifs is 1. The third kappa shape index (κ3) is 3.16. The van der Waals surface area contributed by atoms with Crippen molar-refractivity contribution in [3.8, 4) is 0 Å². The summed E-state index contributed by atoms with van der Waals surface area (Å²) in [5, 5.41) is 9.00. The Morgan fingerprint density at radius 3 is 2.79 bits per heavy atom. The fraction of sp³-hybridized carbons (Fsp3) is 0.550. The van der Waals surface area contributed by atoms with Crippen LogP contribution in [0.5, 0.6) is 0 Å². The lowest BCUT2D eigenvalue weighted by atomic mass is 9.98. The maximum atomic E-state index is 13.6. The molecule has 1 saturated heterocycles. The quantitative estimate of drug-likeness (QED) is 0.672. The molecule has 1 fully saturated rings. The number of pyridine rings is 1. The van der Waals surface area contributed by atoms with Crippen LogP contribution in [0.4, 0.5) is 0 Å². The van der Waals surface area contributed by atoms with Gasteiger partial charge in [0.2, 0.25) is 5.89 Å². The zero-order valence-corrected chi connectivity index (χ0v) is 16.7. The smallest absolute Gasteiger partial charge is 0.259 e. The lowest BCUT2D eigenvalue weighted by molar-refractivity contribution is 0.0598. The largest absolute Gasteiger partial charge is 0.339 e. The number of likely N-dealkylation sites (tertiary alicyclic amines) is 1. The highest BCUT2D eigenvalue weighted by molar-refractivity contribution is 6.06. The van der Waals surface area contributed by atoms with Crippen molar-refractivity contribution in [3.05, 3.63) is 34.7 Å². The van der Waals surface area contributed by atoms with E-state index in [-0.39, 0.29) is 17.9 Å². The van der Waals surface area contributed by atoms with Gasteiger partial charge in [-0.1, -0.05) is 31.1 Å². The van der Waals surface area contributed by atoms with Gasteiger partial charge in [-0.25, -0.2) is 4.98 Å². The average molecular weight is 383 g/mol. The van der Waals surface area contributed by atoms with Crippen molar-refractivity contribution in [2.24, 2.45) is 0 Å². The van der Waals surface area contributed by atoms with Crippen molar-refractivity contribution in [1.82, 2.24) is 25.2 Å². The van der Waals surface area contributed by atoms with E-state index in [2.05, 4.69) is 20.3 Å². The molecule has 0 spiro atoms. The third-order valence-corrected chi connectivity index (χ3v) is 5.23. The van der Waals surface area contributed by atoms with Crippen molar-refractivity contribution < 1.29 is 13.8 Å². The molecule has 1 aliphatic heterocycles. The number of piperidine rings is 1. The van der Waals surface area contributed by atoms with Crippen LogP contribution >= 0.6 is 0 Å². The number of hydrogen-bond donors (Lipinski definition) is 0. The number of hydrogen-bond acceptors (Lipinski definition) is 7. The van der Waals surface area contributed by atoms with Gasteiger partial charge in [0.05, 0.1) is 22.7 Å². The van der Waals surface area contributed by atoms with E-state index in [1.54, 1.807) is 0 Å². The highest BCUT2D eigenvalue weighted by atomic mass is 16.5. The van der Waals surface area contributed by atoms with Crippen LogP contribution in [-0.2, 0) is 6.42 Å². The Balaban J connectivity index is 1.78. The summed E-state index contributed by atoms with van der Waals surface area (Å²) >= 11 is 0. The second kappa shape index (κ2) is 7.33. The predicted octanol–water partition coefficient (Wildman–Crippen LogP) is 3.97. The van der Waals surface area contributed by atoms with Gasteiger partial charge in [0, 0.05) is 18.7 Å². The monoisotopic (exact) mass is 383 g/mol. The fourth-order valence-corrected chi connectivity index (χ4v) is 3.80. The maximum absolute atomic E-state index is 13.6.